The van der Waals surface area contributed by atoms with E-state index in [2.05, 4.69) is 10.5 Å². The van der Waals surface area contributed by atoms with Crippen LogP contribution in [0, 0.1) is 0 Å². The predicted octanol–water partition coefficient (Wildman–Crippen LogP) is 0.244. The fraction of sp³-hybridized carbons (Fsp3) is 0.750. The Labute approximate surface area is 41.4 Å². The number of rotatable bonds is 1. The number of nitrogens with two attached hydrogens (primary N) is 1. The molecule has 2 N–H and O–H groups in total. The van der Waals surface area contributed by atoms with Crippen LogP contribution >= 0.6 is 0 Å². The maximum Gasteiger partial charge on any atom is 0.404 e. The molecule has 3 heteroatoms. The monoisotopic (exact) mass is 101 g/mol. The van der Waals surface area contributed by atoms with Gasteiger partial charge in [-0.3, -0.25) is 0 Å². The lowest BCUT2D eigenvalue weighted by atomic mass is 10.8. The van der Waals surface area contributed by atoms with Crippen molar-refractivity contribution < 1.29 is 9.53 Å². The standard InChI is InChI=1S/C4H7NO2/c5-4(6)7-3-1-2-3/h3H,1-2H2,(H2,5,6). The maximum atomic E-state index is 9.85. The van der Waals surface area contributed by atoms with Gasteiger partial charge in [0.25, 0.3) is 0 Å². The molecule has 0 radical (unpaired) electrons. The van der Waals surface area contributed by atoms with Gasteiger partial charge in [0.1, 0.15) is 6.10 Å². The van der Waals surface area contributed by atoms with Gasteiger partial charge in [-0.25, -0.2) is 4.79 Å². The zero-order valence-electron chi connectivity index (χ0n) is 3.89. The Morgan fingerprint density at radius 2 is 2.29 bits per heavy atom. The third-order valence-corrected chi connectivity index (χ3v) is 0.807. The van der Waals surface area contributed by atoms with E-state index in [4.69, 9.17) is 0 Å². The first-order chi connectivity index (χ1) is 3.29. The van der Waals surface area contributed by atoms with Gasteiger partial charge in [0.15, 0.2) is 0 Å². The quantitative estimate of drug-likeness (QED) is 0.514. The van der Waals surface area contributed by atoms with Crippen LogP contribution in [0.25, 0.3) is 0 Å². The third kappa shape index (κ3) is 1.43. The Kier molecular flexibility index (Phi) is 0.889. The second kappa shape index (κ2) is 1.40. The summed E-state index contributed by atoms with van der Waals surface area (Å²) < 4.78 is 4.50. The van der Waals surface area contributed by atoms with Crippen molar-refractivity contribution in [2.45, 2.75) is 18.9 Å². The Balaban J connectivity index is 2.08. The highest BCUT2D eigenvalue weighted by atomic mass is 16.6. The van der Waals surface area contributed by atoms with E-state index in [0.717, 1.165) is 12.8 Å². The molecule has 1 aliphatic rings. The zero-order chi connectivity index (χ0) is 5.28. The molecule has 0 aromatic carbocycles. The van der Waals surface area contributed by atoms with E-state index in [1.165, 1.54) is 0 Å². The van der Waals surface area contributed by atoms with Crippen molar-refractivity contribution >= 4 is 6.09 Å². The highest BCUT2D eigenvalue weighted by molar-refractivity contribution is 5.65. The van der Waals surface area contributed by atoms with E-state index in [1.54, 1.807) is 0 Å². The van der Waals surface area contributed by atoms with Crippen molar-refractivity contribution in [2.75, 3.05) is 0 Å². The molecule has 0 heterocycles. The molecule has 1 amide bonds. The number of amides is 1. The summed E-state index contributed by atoms with van der Waals surface area (Å²) in [4.78, 5) is 9.85. The molecule has 1 saturated carbocycles. The van der Waals surface area contributed by atoms with Crippen LogP contribution in [0.2, 0.25) is 0 Å². The molecule has 0 spiro atoms. The van der Waals surface area contributed by atoms with Crippen LogP contribution in [-0.2, 0) is 4.74 Å². The average Bonchev–Trinajstić information content (AvgIpc) is 2.17. The van der Waals surface area contributed by atoms with Crippen molar-refractivity contribution in [2.24, 2.45) is 5.73 Å². The summed E-state index contributed by atoms with van der Waals surface area (Å²) in [7, 11) is 0. The number of hydrogen-bond donors (Lipinski definition) is 1. The van der Waals surface area contributed by atoms with Crippen LogP contribution in [0.1, 0.15) is 12.8 Å². The molecule has 0 unspecified atom stereocenters. The highest BCUT2D eigenvalue weighted by Crippen LogP contribution is 2.22. The van der Waals surface area contributed by atoms with Crippen molar-refractivity contribution in [3.8, 4) is 0 Å². The molecule has 0 aliphatic heterocycles. The van der Waals surface area contributed by atoms with Gasteiger partial charge in [-0.1, -0.05) is 0 Å². The normalized spacial score (nSPS) is 18.9. The summed E-state index contributed by atoms with van der Waals surface area (Å²) in [5.41, 5.74) is 4.67. The second-order valence-corrected chi connectivity index (χ2v) is 1.64. The Morgan fingerprint density at radius 3 is 2.43 bits per heavy atom. The number of carbonyl (C=O) groups is 1. The lowest BCUT2D eigenvalue weighted by Crippen LogP contribution is -2.13. The minimum absolute atomic E-state index is 0.150. The van der Waals surface area contributed by atoms with E-state index in [0.29, 0.717) is 0 Å². The molecular weight excluding hydrogens is 94.0 g/mol. The van der Waals surface area contributed by atoms with Crippen LogP contribution < -0.4 is 5.73 Å². The highest BCUT2D eigenvalue weighted by Gasteiger charge is 2.24. The van der Waals surface area contributed by atoms with Gasteiger partial charge in [-0.15, -0.1) is 0 Å². The van der Waals surface area contributed by atoms with Crippen molar-refractivity contribution in [1.29, 1.82) is 0 Å². The molecular formula is C4H7NO2. The van der Waals surface area contributed by atoms with Gasteiger partial charge in [-0.2, -0.15) is 0 Å². The fourth-order valence-electron chi connectivity index (χ4n) is 0.350. The predicted molar refractivity (Wildman–Crippen MR) is 23.7 cm³/mol. The number of hydrogen-bond acceptors (Lipinski definition) is 2. The average molecular weight is 101 g/mol. The van der Waals surface area contributed by atoms with Gasteiger partial charge in [-0.05, 0) is 12.8 Å². The Hall–Kier alpha value is -0.730. The fourth-order valence-corrected chi connectivity index (χ4v) is 0.350. The molecule has 1 rings (SSSR count). The van der Waals surface area contributed by atoms with Crippen LogP contribution in [0.5, 0.6) is 0 Å². The molecule has 0 aromatic heterocycles. The Morgan fingerprint density at radius 1 is 1.71 bits per heavy atom. The maximum absolute atomic E-state index is 9.85. The van der Waals surface area contributed by atoms with Gasteiger partial charge in [0.2, 0.25) is 0 Å². The summed E-state index contributed by atoms with van der Waals surface area (Å²) in [5.74, 6) is 0. The van der Waals surface area contributed by atoms with E-state index < -0.39 is 6.09 Å². The van der Waals surface area contributed by atoms with E-state index in [-0.39, 0.29) is 6.10 Å². The summed E-state index contributed by atoms with van der Waals surface area (Å²) in [6.45, 7) is 0. The van der Waals surface area contributed by atoms with Gasteiger partial charge in [0.05, 0.1) is 0 Å². The van der Waals surface area contributed by atoms with Crippen molar-refractivity contribution in [1.82, 2.24) is 0 Å². The summed E-state index contributed by atoms with van der Waals surface area (Å²) >= 11 is 0. The molecule has 40 valence electrons. The zero-order valence-corrected chi connectivity index (χ0v) is 3.89. The van der Waals surface area contributed by atoms with Crippen LogP contribution in [0.3, 0.4) is 0 Å². The van der Waals surface area contributed by atoms with Crippen LogP contribution in [0.15, 0.2) is 0 Å². The van der Waals surface area contributed by atoms with Crippen molar-refractivity contribution in [3.63, 3.8) is 0 Å². The van der Waals surface area contributed by atoms with Gasteiger partial charge < -0.3 is 10.5 Å². The minimum Gasteiger partial charge on any atom is -0.446 e. The van der Waals surface area contributed by atoms with Crippen molar-refractivity contribution in [3.05, 3.63) is 0 Å². The lowest BCUT2D eigenvalue weighted by molar-refractivity contribution is 0.149. The third-order valence-electron chi connectivity index (χ3n) is 0.807. The molecule has 1 fully saturated rings. The van der Waals surface area contributed by atoms with Gasteiger partial charge >= 0.3 is 6.09 Å². The van der Waals surface area contributed by atoms with Crippen LogP contribution in [0.4, 0.5) is 4.79 Å². The smallest absolute Gasteiger partial charge is 0.404 e. The second-order valence-electron chi connectivity index (χ2n) is 1.64. The van der Waals surface area contributed by atoms with E-state index >= 15 is 0 Å². The molecule has 0 aromatic rings. The molecule has 0 bridgehead atoms. The topological polar surface area (TPSA) is 52.3 Å². The molecule has 0 atom stereocenters. The molecule has 3 nitrogen and oxygen atoms in total. The lowest BCUT2D eigenvalue weighted by Gasteiger charge is -1.91. The molecule has 1 aliphatic carbocycles. The number of carbonyl (C=O) groups excluding carboxylic acids is 1. The first-order valence-corrected chi connectivity index (χ1v) is 2.25. The first kappa shape index (κ1) is 4.43. The first-order valence-electron chi connectivity index (χ1n) is 2.25. The largest absolute Gasteiger partial charge is 0.446 e. The van der Waals surface area contributed by atoms with Gasteiger partial charge in [0, 0.05) is 0 Å². The van der Waals surface area contributed by atoms with E-state index in [1.807, 2.05) is 0 Å². The SMILES string of the molecule is NC(=O)OC1CC1. The van der Waals surface area contributed by atoms with E-state index in [9.17, 15) is 4.79 Å². The summed E-state index contributed by atoms with van der Waals surface area (Å²) in [6, 6.07) is 0. The number of primary amides is 1. The number of ether oxygens (including phenoxy) is 1. The Bertz CT molecular complexity index is 87.7. The molecule has 7 heavy (non-hydrogen) atoms. The van der Waals surface area contributed by atoms with Crippen LogP contribution in [-0.4, -0.2) is 12.2 Å². The summed E-state index contributed by atoms with van der Waals surface area (Å²) in [5, 5.41) is 0. The summed E-state index contributed by atoms with van der Waals surface area (Å²) in [6.07, 6.45) is 1.48. The molecule has 0 saturated heterocycles. The minimum atomic E-state index is -0.650.